The summed E-state index contributed by atoms with van der Waals surface area (Å²) in [7, 11) is 0. The van der Waals surface area contributed by atoms with Crippen molar-refractivity contribution in [2.75, 3.05) is 4.90 Å². The van der Waals surface area contributed by atoms with Gasteiger partial charge < -0.3 is 19.5 Å². The van der Waals surface area contributed by atoms with Gasteiger partial charge in [0.2, 0.25) is 5.91 Å². The van der Waals surface area contributed by atoms with Gasteiger partial charge in [0.05, 0.1) is 18.1 Å². The largest absolute Gasteiger partial charge is 0.550 e. The van der Waals surface area contributed by atoms with Crippen LogP contribution in [0, 0.1) is 11.8 Å². The molecule has 0 aromatic heterocycles. The summed E-state index contributed by atoms with van der Waals surface area (Å²) in [5.41, 5.74) is 0.551. The zero-order chi connectivity index (χ0) is 17.9. The second-order valence-corrected chi connectivity index (χ2v) is 7.42. The molecule has 25 heavy (non-hydrogen) atoms. The van der Waals surface area contributed by atoms with Gasteiger partial charge in [-0.3, -0.25) is 4.79 Å². The number of amides is 1. The monoisotopic (exact) mass is 358 g/mol. The summed E-state index contributed by atoms with van der Waals surface area (Å²) in [5, 5.41) is 12.2. The highest BCUT2D eigenvalue weighted by Gasteiger charge is 2.69. The fourth-order valence-corrected chi connectivity index (χ4v) is 4.62. The van der Waals surface area contributed by atoms with Crippen LogP contribution in [0.1, 0.15) is 13.3 Å². The minimum atomic E-state index is -1.25. The Hall–Kier alpha value is -2.11. The molecule has 2 saturated heterocycles. The molecule has 1 amide bonds. The first-order chi connectivity index (χ1) is 11.8. The smallest absolute Gasteiger partial charge is 0.234 e. The molecule has 4 rings (SSSR count). The van der Waals surface area contributed by atoms with Crippen LogP contribution in [0.2, 0.25) is 5.02 Å². The average molecular weight is 359 g/mol. The predicted octanol–water partition coefficient (Wildman–Crippen LogP) is 1.71. The molecule has 0 N–H and O–H groups in total. The van der Waals surface area contributed by atoms with Gasteiger partial charge in [-0.05, 0) is 31.5 Å². The summed E-state index contributed by atoms with van der Waals surface area (Å²) in [6, 6.07) is 6.61. The van der Waals surface area contributed by atoms with Gasteiger partial charge in [-0.2, -0.15) is 0 Å². The van der Waals surface area contributed by atoms with E-state index in [0.717, 1.165) is 5.57 Å². The molecule has 130 valence electrons. The van der Waals surface area contributed by atoms with E-state index in [1.165, 1.54) is 0 Å². The van der Waals surface area contributed by atoms with E-state index < -0.39 is 29.5 Å². The third-order valence-electron chi connectivity index (χ3n) is 5.32. The number of benzene rings is 1. The Kier molecular flexibility index (Phi) is 3.56. The Morgan fingerprint density at radius 2 is 2.24 bits per heavy atom. The van der Waals surface area contributed by atoms with Crippen LogP contribution in [0.3, 0.4) is 0 Å². The lowest BCUT2D eigenvalue weighted by atomic mass is 9.74. The number of hydrogen-bond acceptors (Lipinski definition) is 4. The van der Waals surface area contributed by atoms with Crippen molar-refractivity contribution in [2.24, 2.45) is 11.8 Å². The van der Waals surface area contributed by atoms with Gasteiger partial charge in [-0.25, -0.2) is 0 Å². The van der Waals surface area contributed by atoms with Crippen LogP contribution >= 0.6 is 11.6 Å². The fraction of sp³-hybridized carbons (Fsp3) is 0.368. The topological polar surface area (TPSA) is 69.7 Å². The van der Waals surface area contributed by atoms with E-state index >= 15 is 0 Å². The summed E-state index contributed by atoms with van der Waals surface area (Å²) in [4.78, 5) is 26.5. The van der Waals surface area contributed by atoms with Crippen molar-refractivity contribution in [3.63, 3.8) is 0 Å². The maximum atomic E-state index is 13.2. The number of carboxylic acids is 1. The third kappa shape index (κ3) is 2.19. The Morgan fingerprint density at radius 3 is 2.88 bits per heavy atom. The summed E-state index contributed by atoms with van der Waals surface area (Å²) in [6.07, 6.45) is 3.47. The molecule has 3 heterocycles. The summed E-state index contributed by atoms with van der Waals surface area (Å²) >= 11 is 6.10. The van der Waals surface area contributed by atoms with Crippen LogP contribution in [0.25, 0.3) is 0 Å². The highest BCUT2D eigenvalue weighted by Crippen LogP contribution is 2.56. The molecular weight excluding hydrogens is 342 g/mol. The lowest BCUT2D eigenvalue weighted by Crippen LogP contribution is -2.46. The molecular formula is C19H17ClNO4-. The minimum Gasteiger partial charge on any atom is -0.550 e. The molecule has 0 aliphatic carbocycles. The van der Waals surface area contributed by atoms with E-state index in [0.29, 0.717) is 17.1 Å². The van der Waals surface area contributed by atoms with E-state index in [9.17, 15) is 14.7 Å². The van der Waals surface area contributed by atoms with Crippen molar-refractivity contribution in [1.29, 1.82) is 0 Å². The molecule has 2 fully saturated rings. The zero-order valence-electron chi connectivity index (χ0n) is 13.6. The third-order valence-corrected chi connectivity index (χ3v) is 5.56. The second kappa shape index (κ2) is 5.44. The highest BCUT2D eigenvalue weighted by atomic mass is 35.5. The standard InChI is InChI=1S/C19H18ClNO4/c1-10(2)8-14-19-7-6-13(25-19)15(18(23)24)16(19)17(22)21(14)12-5-3-4-11(20)9-12/h3-7,9,13-16H,1,8H2,2H3,(H,23,24)/p-1/t13-,14-,15+,16-,19-/m1/s1. The Morgan fingerprint density at radius 1 is 1.48 bits per heavy atom. The van der Waals surface area contributed by atoms with Crippen LogP contribution < -0.4 is 10.0 Å². The summed E-state index contributed by atoms with van der Waals surface area (Å²) < 4.78 is 6.06. The van der Waals surface area contributed by atoms with Crippen LogP contribution in [-0.4, -0.2) is 29.6 Å². The van der Waals surface area contributed by atoms with Crippen LogP contribution in [-0.2, 0) is 14.3 Å². The Labute approximate surface area is 150 Å². The number of anilines is 1. The number of carbonyl (C=O) groups is 2. The number of carbonyl (C=O) groups excluding carboxylic acids is 2. The predicted molar refractivity (Wildman–Crippen MR) is 90.9 cm³/mol. The first-order valence-electron chi connectivity index (χ1n) is 8.16. The molecule has 1 spiro atoms. The number of ether oxygens (including phenoxy) is 1. The maximum Gasteiger partial charge on any atom is 0.234 e. The quantitative estimate of drug-likeness (QED) is 0.768. The van der Waals surface area contributed by atoms with Gasteiger partial charge in [0.1, 0.15) is 5.60 Å². The lowest BCUT2D eigenvalue weighted by Gasteiger charge is -2.33. The molecule has 5 atom stereocenters. The first kappa shape index (κ1) is 16.4. The second-order valence-electron chi connectivity index (χ2n) is 6.98. The number of carboxylic acid groups (broad SMARTS) is 1. The number of aliphatic carboxylic acids is 1. The normalized spacial score (nSPS) is 35.3. The van der Waals surface area contributed by atoms with Crippen LogP contribution in [0.5, 0.6) is 0 Å². The van der Waals surface area contributed by atoms with Crippen molar-refractivity contribution in [3.05, 3.63) is 53.6 Å². The van der Waals surface area contributed by atoms with Crippen molar-refractivity contribution in [1.82, 2.24) is 0 Å². The van der Waals surface area contributed by atoms with Gasteiger partial charge in [0.25, 0.3) is 0 Å². The number of hydrogen-bond donors (Lipinski definition) is 0. The number of fused-ring (bicyclic) bond motifs is 1. The molecule has 5 nitrogen and oxygen atoms in total. The van der Waals surface area contributed by atoms with Crippen molar-refractivity contribution in [3.8, 4) is 0 Å². The van der Waals surface area contributed by atoms with Gasteiger partial charge in [-0.15, -0.1) is 6.58 Å². The van der Waals surface area contributed by atoms with E-state index in [1.54, 1.807) is 35.2 Å². The number of halogens is 1. The molecule has 0 saturated carbocycles. The van der Waals surface area contributed by atoms with E-state index in [-0.39, 0.29) is 11.9 Å². The fourth-order valence-electron chi connectivity index (χ4n) is 4.43. The zero-order valence-corrected chi connectivity index (χ0v) is 14.4. The van der Waals surface area contributed by atoms with Gasteiger partial charge >= 0.3 is 0 Å². The van der Waals surface area contributed by atoms with Gasteiger partial charge in [0, 0.05) is 22.6 Å². The van der Waals surface area contributed by atoms with Gasteiger partial charge in [-0.1, -0.05) is 35.4 Å². The van der Waals surface area contributed by atoms with Gasteiger partial charge in [0.15, 0.2) is 0 Å². The molecule has 1 aromatic rings. The molecule has 0 radical (unpaired) electrons. The van der Waals surface area contributed by atoms with Crippen molar-refractivity contribution >= 4 is 29.2 Å². The number of nitrogens with zero attached hydrogens (tertiary/aromatic N) is 1. The molecule has 1 aromatic carbocycles. The van der Waals surface area contributed by atoms with Crippen LogP contribution in [0.15, 0.2) is 48.6 Å². The molecule has 3 aliphatic heterocycles. The summed E-state index contributed by atoms with van der Waals surface area (Å²) in [6.45, 7) is 5.85. The molecule has 2 bridgehead atoms. The minimum absolute atomic E-state index is 0.269. The van der Waals surface area contributed by atoms with E-state index in [4.69, 9.17) is 16.3 Å². The SMILES string of the molecule is C=C(C)C[C@H]1N(c2cccc(Cl)c2)C(=O)[C@H]2[C@@H](C(=O)[O-])[C@H]3C=C[C@]21O3. The molecule has 6 heteroatoms. The molecule has 3 aliphatic rings. The van der Waals surface area contributed by atoms with Crippen molar-refractivity contribution < 1.29 is 19.4 Å². The lowest BCUT2D eigenvalue weighted by molar-refractivity contribution is -0.313. The van der Waals surface area contributed by atoms with E-state index in [2.05, 4.69) is 6.58 Å². The Bertz CT molecular complexity index is 819. The Balaban J connectivity index is 1.85. The highest BCUT2D eigenvalue weighted by molar-refractivity contribution is 6.31. The number of rotatable bonds is 4. The summed E-state index contributed by atoms with van der Waals surface area (Å²) in [5.74, 6) is -3.30. The molecule has 0 unspecified atom stereocenters. The van der Waals surface area contributed by atoms with Crippen molar-refractivity contribution in [2.45, 2.75) is 31.1 Å². The van der Waals surface area contributed by atoms with E-state index in [1.807, 2.05) is 13.0 Å². The first-order valence-corrected chi connectivity index (χ1v) is 8.54. The average Bonchev–Trinajstić information content (AvgIpc) is 3.16. The maximum absolute atomic E-state index is 13.2. The van der Waals surface area contributed by atoms with Crippen LogP contribution in [0.4, 0.5) is 5.69 Å².